The number of halogens is 5. The average Bonchev–Trinajstić information content (AvgIpc) is 3.19. The van der Waals surface area contributed by atoms with E-state index < -0.39 is 48.5 Å². The van der Waals surface area contributed by atoms with Crippen molar-refractivity contribution in [1.82, 2.24) is 19.9 Å². The van der Waals surface area contributed by atoms with E-state index in [0.717, 1.165) is 16.2 Å². The number of aryl methyl sites for hydroxylation is 1. The van der Waals surface area contributed by atoms with Crippen molar-refractivity contribution in [1.29, 1.82) is 0 Å². The number of carbonyl (C=O) groups is 1. The number of hydrogen-bond donors (Lipinski definition) is 1. The summed E-state index contributed by atoms with van der Waals surface area (Å²) in [4.78, 5) is 26.8. The Hall–Kier alpha value is -3.15. The molecule has 1 fully saturated rings. The monoisotopic (exact) mass is 511 g/mol. The highest BCUT2D eigenvalue weighted by Gasteiger charge is 2.46. The lowest BCUT2D eigenvalue weighted by Gasteiger charge is -2.43. The van der Waals surface area contributed by atoms with E-state index in [1.54, 1.807) is 38.1 Å². The Morgan fingerprint density at radius 2 is 1.86 bits per heavy atom. The number of hydrogen-bond acceptors (Lipinski definition) is 6. The molecule has 1 aliphatic rings. The molecule has 3 heterocycles. The summed E-state index contributed by atoms with van der Waals surface area (Å²) in [5.41, 5.74) is 0.127. The lowest BCUT2D eigenvalue weighted by Crippen LogP contribution is -2.57. The second-order valence-corrected chi connectivity index (χ2v) is 9.69. The fourth-order valence-corrected chi connectivity index (χ4v) is 5.03. The summed E-state index contributed by atoms with van der Waals surface area (Å²) in [6, 6.07) is 8.33. The maximum Gasteiger partial charge on any atom is 0.419 e. The van der Waals surface area contributed by atoms with Crippen LogP contribution in [0.5, 0.6) is 0 Å². The van der Waals surface area contributed by atoms with Crippen molar-refractivity contribution >= 4 is 23.2 Å². The van der Waals surface area contributed by atoms with Crippen LogP contribution in [0.25, 0.3) is 11.3 Å². The molecule has 1 saturated heterocycles. The summed E-state index contributed by atoms with van der Waals surface area (Å²) in [5, 5.41) is 3.42. The summed E-state index contributed by atoms with van der Waals surface area (Å²) in [5.74, 6) is -4.34. The van der Waals surface area contributed by atoms with Crippen molar-refractivity contribution in [2.24, 2.45) is 5.92 Å². The molecule has 1 N–H and O–H groups in total. The molecule has 1 aliphatic heterocycles. The second-order valence-electron chi connectivity index (χ2n) is 8.49. The first-order valence-corrected chi connectivity index (χ1v) is 11.6. The number of amides is 1. The van der Waals surface area contributed by atoms with Crippen LogP contribution >= 0.6 is 11.3 Å². The molecule has 0 aliphatic carbocycles. The molecule has 0 bridgehead atoms. The van der Waals surface area contributed by atoms with E-state index in [-0.39, 0.29) is 17.4 Å². The third kappa shape index (κ3) is 5.58. The summed E-state index contributed by atoms with van der Waals surface area (Å²) in [6.07, 6.45) is -3.72. The molecular weight excluding hydrogens is 489 g/mol. The van der Waals surface area contributed by atoms with Crippen molar-refractivity contribution in [2.75, 3.05) is 18.4 Å². The van der Waals surface area contributed by atoms with E-state index >= 15 is 0 Å². The molecular formula is C23H22F5N5OS. The van der Waals surface area contributed by atoms with Crippen LogP contribution in [0, 0.1) is 12.8 Å². The maximum absolute atomic E-state index is 14.5. The lowest BCUT2D eigenvalue weighted by atomic mass is 9.88. The Morgan fingerprint density at radius 3 is 2.49 bits per heavy atom. The summed E-state index contributed by atoms with van der Waals surface area (Å²) >= 11 is 1.13. The highest BCUT2D eigenvalue weighted by molar-refractivity contribution is 7.14. The van der Waals surface area contributed by atoms with Gasteiger partial charge in [-0.3, -0.25) is 4.79 Å². The number of nitrogens with zero attached hydrogens (tertiary/aromatic N) is 4. The van der Waals surface area contributed by atoms with Gasteiger partial charge in [-0.05, 0) is 12.8 Å². The molecule has 0 saturated carbocycles. The molecule has 3 aromatic rings. The van der Waals surface area contributed by atoms with Crippen molar-refractivity contribution in [3.8, 4) is 11.3 Å². The zero-order valence-corrected chi connectivity index (χ0v) is 19.6. The van der Waals surface area contributed by atoms with Crippen LogP contribution in [0.15, 0.2) is 42.7 Å². The second kappa shape index (κ2) is 9.48. The Balaban J connectivity index is 1.60. The molecule has 186 valence electrons. The average molecular weight is 512 g/mol. The zero-order valence-electron chi connectivity index (χ0n) is 18.8. The van der Waals surface area contributed by atoms with Gasteiger partial charge in [0.15, 0.2) is 0 Å². The van der Waals surface area contributed by atoms with Crippen LogP contribution < -0.4 is 5.32 Å². The lowest BCUT2D eigenvalue weighted by molar-refractivity contribution is -0.138. The number of likely N-dealkylation sites (tertiary alicyclic amines) is 1. The summed E-state index contributed by atoms with van der Waals surface area (Å²) in [6.45, 7) is 2.57. The smallest absolute Gasteiger partial charge is 0.352 e. The molecule has 2 unspecified atom stereocenters. The van der Waals surface area contributed by atoms with Crippen molar-refractivity contribution in [2.45, 2.75) is 38.4 Å². The number of anilines is 1. The van der Waals surface area contributed by atoms with E-state index in [1.165, 1.54) is 0 Å². The van der Waals surface area contributed by atoms with Gasteiger partial charge in [-0.1, -0.05) is 37.3 Å². The van der Waals surface area contributed by atoms with Gasteiger partial charge in [0.1, 0.15) is 4.88 Å². The van der Waals surface area contributed by atoms with E-state index in [9.17, 15) is 26.7 Å². The normalized spacial score (nSPS) is 20.0. The number of thiazole rings is 1. The molecule has 0 radical (unpaired) electrons. The van der Waals surface area contributed by atoms with Crippen LogP contribution in [0.1, 0.15) is 33.6 Å². The van der Waals surface area contributed by atoms with E-state index in [4.69, 9.17) is 0 Å². The molecule has 1 aromatic carbocycles. The Kier molecular flexibility index (Phi) is 6.76. The quantitative estimate of drug-likeness (QED) is 0.457. The first kappa shape index (κ1) is 25.0. The molecule has 1 amide bonds. The minimum atomic E-state index is -4.57. The zero-order chi connectivity index (χ0) is 25.4. The number of rotatable bonds is 5. The topological polar surface area (TPSA) is 71.0 Å². The molecule has 4 rings (SSSR count). The summed E-state index contributed by atoms with van der Waals surface area (Å²) < 4.78 is 67.4. The molecule has 35 heavy (non-hydrogen) atoms. The van der Waals surface area contributed by atoms with Crippen LogP contribution in [-0.2, 0) is 6.18 Å². The first-order valence-electron chi connectivity index (χ1n) is 10.8. The SMILES string of the molecule is Cc1nc(-c2ccccc2)c(C(=O)N2CC(F)(F)CC(C)C2CNc2ncc(C(F)(F)F)cn2)s1. The standard InChI is InChI=1S/C23H22F5N5OS/c1-13-8-22(24,25)12-33(17(13)11-31-21-29-9-16(10-30-21)23(26,27)28)20(34)19-18(32-14(2)35-19)15-6-4-3-5-7-15/h3-7,9-10,13,17H,8,11-12H2,1-2H3,(H,29,30,31). The largest absolute Gasteiger partial charge is 0.419 e. The third-order valence-corrected chi connectivity index (χ3v) is 6.72. The van der Waals surface area contributed by atoms with E-state index in [0.29, 0.717) is 28.7 Å². The number of alkyl halides is 5. The van der Waals surface area contributed by atoms with Crippen molar-refractivity contribution in [3.05, 3.63) is 58.2 Å². The van der Waals surface area contributed by atoms with E-state index in [2.05, 4.69) is 20.3 Å². The minimum Gasteiger partial charge on any atom is -0.352 e. The summed E-state index contributed by atoms with van der Waals surface area (Å²) in [7, 11) is 0. The van der Waals surface area contributed by atoms with Gasteiger partial charge in [0.25, 0.3) is 11.8 Å². The third-order valence-electron chi connectivity index (χ3n) is 5.76. The predicted molar refractivity (Wildman–Crippen MR) is 121 cm³/mol. The fraction of sp³-hybridized carbons (Fsp3) is 0.391. The minimum absolute atomic E-state index is 0.00714. The number of nitrogens with one attached hydrogen (secondary N) is 1. The Morgan fingerprint density at radius 1 is 1.20 bits per heavy atom. The van der Waals surface area contributed by atoms with E-state index in [1.807, 2.05) is 6.07 Å². The van der Waals surface area contributed by atoms with Crippen LogP contribution in [0.2, 0.25) is 0 Å². The maximum atomic E-state index is 14.5. The van der Waals surface area contributed by atoms with Gasteiger partial charge in [0, 0.05) is 30.9 Å². The Labute approximate surface area is 202 Å². The van der Waals surface area contributed by atoms with Gasteiger partial charge in [-0.2, -0.15) is 13.2 Å². The Bertz CT molecular complexity index is 1180. The highest BCUT2D eigenvalue weighted by Crippen LogP contribution is 2.37. The molecule has 2 aromatic heterocycles. The van der Waals surface area contributed by atoms with Crippen LogP contribution in [0.3, 0.4) is 0 Å². The van der Waals surface area contributed by atoms with Gasteiger partial charge in [0.2, 0.25) is 5.95 Å². The number of benzene rings is 1. The van der Waals surface area contributed by atoms with Crippen molar-refractivity contribution in [3.63, 3.8) is 0 Å². The number of piperidine rings is 1. The predicted octanol–water partition coefficient (Wildman–Crippen LogP) is 5.53. The first-order chi connectivity index (χ1) is 16.4. The van der Waals surface area contributed by atoms with Gasteiger partial charge in [0.05, 0.1) is 28.9 Å². The fourth-order valence-electron chi connectivity index (χ4n) is 4.13. The molecule has 0 spiro atoms. The van der Waals surface area contributed by atoms with Crippen molar-refractivity contribution < 1.29 is 26.7 Å². The highest BCUT2D eigenvalue weighted by atomic mass is 32.1. The van der Waals surface area contributed by atoms with Gasteiger partial charge >= 0.3 is 6.18 Å². The van der Waals surface area contributed by atoms with Gasteiger partial charge in [-0.25, -0.2) is 23.7 Å². The number of aromatic nitrogens is 3. The molecule has 12 heteroatoms. The number of carbonyl (C=O) groups excluding carboxylic acids is 1. The van der Waals surface area contributed by atoms with Gasteiger partial charge in [-0.15, -0.1) is 11.3 Å². The molecule has 6 nitrogen and oxygen atoms in total. The molecule has 2 atom stereocenters. The van der Waals surface area contributed by atoms with Crippen LogP contribution in [-0.4, -0.2) is 50.8 Å². The van der Waals surface area contributed by atoms with Crippen LogP contribution in [0.4, 0.5) is 27.9 Å². The van der Waals surface area contributed by atoms with Gasteiger partial charge < -0.3 is 10.2 Å².